The Hall–Kier alpha value is -3.42. The molecule has 0 saturated carbocycles. The van der Waals surface area contributed by atoms with Crippen molar-refractivity contribution in [1.29, 1.82) is 0 Å². The zero-order valence-electron chi connectivity index (χ0n) is 13.3. The fourth-order valence-electron chi connectivity index (χ4n) is 2.47. The number of carboxylic acid groups (broad SMARTS) is 1. The molecule has 0 bridgehead atoms. The summed E-state index contributed by atoms with van der Waals surface area (Å²) in [4.78, 5) is 30.9. The van der Waals surface area contributed by atoms with Crippen LogP contribution < -0.4 is 11.3 Å². The van der Waals surface area contributed by atoms with Gasteiger partial charge in [-0.05, 0) is 24.6 Å². The summed E-state index contributed by atoms with van der Waals surface area (Å²) in [6, 6.07) is 6.59. The number of pyridine rings is 1. The Morgan fingerprint density at radius 2 is 2.16 bits per heavy atom. The number of carbonyl (C=O) groups is 1. The monoisotopic (exact) mass is 340 g/mol. The van der Waals surface area contributed by atoms with Crippen LogP contribution >= 0.6 is 0 Å². The topological polar surface area (TPSA) is 124 Å². The molecule has 3 aromatic rings. The average molecular weight is 340 g/mol. The Morgan fingerprint density at radius 3 is 2.88 bits per heavy atom. The molecule has 0 aliphatic heterocycles. The maximum atomic E-state index is 12.0. The summed E-state index contributed by atoms with van der Waals surface area (Å²) in [5.74, 6) is -0.242. The Labute approximate surface area is 142 Å². The zero-order valence-corrected chi connectivity index (χ0v) is 13.3. The van der Waals surface area contributed by atoms with Crippen molar-refractivity contribution in [2.24, 2.45) is 0 Å². The predicted molar refractivity (Wildman–Crippen MR) is 90.7 cm³/mol. The number of furan rings is 1. The number of aromatic nitrogens is 3. The van der Waals surface area contributed by atoms with E-state index in [0.717, 1.165) is 0 Å². The number of aryl methyl sites for hydroxylation is 1. The molecule has 0 saturated heterocycles. The molecule has 3 aromatic heterocycles. The fourth-order valence-corrected chi connectivity index (χ4v) is 2.47. The molecule has 0 radical (unpaired) electrons. The lowest BCUT2D eigenvalue weighted by Gasteiger charge is -2.10. The molecule has 0 spiro atoms. The van der Waals surface area contributed by atoms with E-state index in [1.165, 1.54) is 16.9 Å². The van der Waals surface area contributed by atoms with Crippen molar-refractivity contribution in [3.63, 3.8) is 0 Å². The smallest absolute Gasteiger partial charge is 0.303 e. The number of nitrogens with zero attached hydrogens (tertiary/aromatic N) is 3. The minimum atomic E-state index is -0.892. The summed E-state index contributed by atoms with van der Waals surface area (Å²) in [6.07, 6.45) is 5.12. The Balaban J connectivity index is 2.00. The minimum absolute atomic E-state index is 0.000700. The highest BCUT2D eigenvalue weighted by Crippen LogP contribution is 2.30. The molecule has 3 rings (SSSR count). The van der Waals surface area contributed by atoms with Gasteiger partial charge in [-0.1, -0.05) is 0 Å². The molecule has 0 aliphatic rings. The molecular formula is C17H16N4O4. The first-order valence-corrected chi connectivity index (χ1v) is 7.63. The first kappa shape index (κ1) is 16.4. The van der Waals surface area contributed by atoms with Gasteiger partial charge in [-0.3, -0.25) is 9.59 Å². The van der Waals surface area contributed by atoms with Crippen molar-refractivity contribution < 1.29 is 14.3 Å². The minimum Gasteiger partial charge on any atom is -0.481 e. The Kier molecular flexibility index (Phi) is 4.60. The van der Waals surface area contributed by atoms with Gasteiger partial charge >= 0.3 is 5.97 Å². The number of anilines is 1. The van der Waals surface area contributed by atoms with Crippen molar-refractivity contribution in [3.8, 4) is 22.6 Å². The van der Waals surface area contributed by atoms with Gasteiger partial charge in [0.05, 0.1) is 6.26 Å². The molecule has 8 nitrogen and oxygen atoms in total. The molecule has 128 valence electrons. The summed E-state index contributed by atoms with van der Waals surface area (Å²) in [5.41, 5.74) is 7.38. The van der Waals surface area contributed by atoms with Crippen molar-refractivity contribution in [2.45, 2.75) is 19.4 Å². The van der Waals surface area contributed by atoms with Gasteiger partial charge in [0.25, 0.3) is 5.56 Å². The van der Waals surface area contributed by atoms with Crippen molar-refractivity contribution in [2.75, 3.05) is 5.73 Å². The summed E-state index contributed by atoms with van der Waals surface area (Å²) < 4.78 is 6.88. The van der Waals surface area contributed by atoms with Crippen LogP contribution in [0.4, 0.5) is 5.95 Å². The first-order chi connectivity index (χ1) is 12.0. The van der Waals surface area contributed by atoms with Crippen molar-refractivity contribution in [1.82, 2.24) is 14.5 Å². The van der Waals surface area contributed by atoms with Gasteiger partial charge in [-0.15, -0.1) is 0 Å². The van der Waals surface area contributed by atoms with Gasteiger partial charge in [0.2, 0.25) is 5.95 Å². The van der Waals surface area contributed by atoms with E-state index in [0.29, 0.717) is 35.5 Å². The van der Waals surface area contributed by atoms with E-state index >= 15 is 0 Å². The summed E-state index contributed by atoms with van der Waals surface area (Å²) >= 11 is 0. The van der Waals surface area contributed by atoms with Crippen LogP contribution in [-0.4, -0.2) is 25.6 Å². The summed E-state index contributed by atoms with van der Waals surface area (Å²) in [5, 5.41) is 8.74. The third-order valence-corrected chi connectivity index (χ3v) is 3.65. The van der Waals surface area contributed by atoms with Crippen LogP contribution in [0.3, 0.4) is 0 Å². The highest BCUT2D eigenvalue weighted by Gasteiger charge is 2.14. The molecule has 8 heteroatoms. The number of nitrogen functional groups attached to an aromatic ring is 1. The molecule has 0 unspecified atom stereocenters. The van der Waals surface area contributed by atoms with Gasteiger partial charge in [0.1, 0.15) is 5.69 Å². The maximum Gasteiger partial charge on any atom is 0.303 e. The van der Waals surface area contributed by atoms with E-state index in [9.17, 15) is 9.59 Å². The second-order valence-corrected chi connectivity index (χ2v) is 5.41. The van der Waals surface area contributed by atoms with Crippen LogP contribution in [-0.2, 0) is 11.3 Å². The van der Waals surface area contributed by atoms with Crippen LogP contribution in [0.5, 0.6) is 0 Å². The lowest BCUT2D eigenvalue weighted by Crippen LogP contribution is -2.19. The second-order valence-electron chi connectivity index (χ2n) is 5.41. The molecule has 3 heterocycles. The van der Waals surface area contributed by atoms with Crippen LogP contribution in [0.25, 0.3) is 22.6 Å². The molecule has 0 fully saturated rings. The maximum absolute atomic E-state index is 12.0. The van der Waals surface area contributed by atoms with Gasteiger partial charge in [-0.2, -0.15) is 0 Å². The van der Waals surface area contributed by atoms with Crippen LogP contribution in [0, 0.1) is 0 Å². The normalized spacial score (nSPS) is 10.7. The number of carboxylic acids is 1. The lowest BCUT2D eigenvalue weighted by molar-refractivity contribution is -0.137. The van der Waals surface area contributed by atoms with Gasteiger partial charge < -0.3 is 19.8 Å². The van der Waals surface area contributed by atoms with Crippen LogP contribution in [0.1, 0.15) is 12.8 Å². The molecule has 25 heavy (non-hydrogen) atoms. The number of rotatable bonds is 6. The second kappa shape index (κ2) is 7.00. The van der Waals surface area contributed by atoms with Gasteiger partial charge in [0, 0.05) is 42.6 Å². The SMILES string of the molecule is Nc1ncc(-c2ccc(=O)n(CCCC(=O)O)c2)c(-c2ccco2)n1. The van der Waals surface area contributed by atoms with Gasteiger partial charge in [0.15, 0.2) is 5.76 Å². The van der Waals surface area contributed by atoms with Crippen molar-refractivity contribution >= 4 is 11.9 Å². The molecule has 0 aromatic carbocycles. The molecular weight excluding hydrogens is 324 g/mol. The third kappa shape index (κ3) is 3.74. The van der Waals surface area contributed by atoms with Crippen LogP contribution in [0.15, 0.2) is 52.1 Å². The number of hydrogen-bond acceptors (Lipinski definition) is 6. The van der Waals surface area contributed by atoms with Crippen LogP contribution in [0.2, 0.25) is 0 Å². The van der Waals surface area contributed by atoms with Crippen molar-refractivity contribution in [3.05, 3.63) is 53.3 Å². The number of aliphatic carboxylic acids is 1. The number of nitrogens with two attached hydrogens (primary N) is 1. The Morgan fingerprint density at radius 1 is 1.32 bits per heavy atom. The quantitative estimate of drug-likeness (QED) is 0.703. The number of hydrogen-bond donors (Lipinski definition) is 2. The fraction of sp³-hybridized carbons (Fsp3) is 0.176. The zero-order chi connectivity index (χ0) is 17.8. The van der Waals surface area contributed by atoms with E-state index in [-0.39, 0.29) is 17.9 Å². The standard InChI is InChI=1S/C17H16N4O4/c18-17-19-9-12(16(20-17)13-3-2-8-25-13)11-5-6-14(22)21(10-11)7-1-4-15(23)24/h2-3,5-6,8-10H,1,4,7H2,(H,23,24)(H2,18,19,20). The highest BCUT2D eigenvalue weighted by molar-refractivity contribution is 5.78. The third-order valence-electron chi connectivity index (χ3n) is 3.65. The molecule has 0 atom stereocenters. The predicted octanol–water partition coefficient (Wildman–Crippen LogP) is 2.01. The van der Waals surface area contributed by atoms with E-state index in [2.05, 4.69) is 9.97 Å². The average Bonchev–Trinajstić information content (AvgIpc) is 3.11. The first-order valence-electron chi connectivity index (χ1n) is 7.63. The van der Waals surface area contributed by atoms with E-state index in [4.69, 9.17) is 15.3 Å². The summed E-state index contributed by atoms with van der Waals surface area (Å²) in [6.45, 7) is 0.310. The molecule has 0 amide bonds. The lowest BCUT2D eigenvalue weighted by atomic mass is 10.1. The highest BCUT2D eigenvalue weighted by atomic mass is 16.4. The van der Waals surface area contributed by atoms with Gasteiger partial charge in [-0.25, -0.2) is 9.97 Å². The van der Waals surface area contributed by atoms with E-state index in [1.54, 1.807) is 30.6 Å². The molecule has 3 N–H and O–H groups in total. The van der Waals surface area contributed by atoms with E-state index in [1.807, 2.05) is 0 Å². The van der Waals surface area contributed by atoms with E-state index < -0.39 is 5.97 Å². The Bertz CT molecular complexity index is 948. The summed E-state index contributed by atoms with van der Waals surface area (Å²) in [7, 11) is 0. The largest absolute Gasteiger partial charge is 0.481 e. The molecule has 0 aliphatic carbocycles.